The van der Waals surface area contributed by atoms with Crippen molar-refractivity contribution in [2.45, 2.75) is 18.6 Å². The van der Waals surface area contributed by atoms with Crippen molar-refractivity contribution in [3.05, 3.63) is 63.7 Å². The normalized spacial score (nSPS) is 19.3. The third kappa shape index (κ3) is 4.67. The number of carboxylic acid groups (broad SMARTS) is 1. The van der Waals surface area contributed by atoms with Crippen LogP contribution < -0.4 is 9.80 Å². The smallest absolute Gasteiger partial charge is 0.416 e. The van der Waals surface area contributed by atoms with E-state index in [-0.39, 0.29) is 49.5 Å². The fraction of sp³-hybridized carbons (Fsp3) is 0.318. The van der Waals surface area contributed by atoms with Crippen LogP contribution in [0.3, 0.4) is 0 Å². The Balaban J connectivity index is 1.46. The summed E-state index contributed by atoms with van der Waals surface area (Å²) in [5, 5.41) is 20.4. The minimum atomic E-state index is -4.71. The van der Waals surface area contributed by atoms with E-state index in [1.807, 2.05) is 0 Å². The minimum absolute atomic E-state index is 0.0119. The van der Waals surface area contributed by atoms with E-state index >= 15 is 0 Å². The van der Waals surface area contributed by atoms with Crippen molar-refractivity contribution >= 4 is 34.8 Å². The molecule has 2 amide bonds. The van der Waals surface area contributed by atoms with Gasteiger partial charge in [0, 0.05) is 32.2 Å². The number of aromatic carboxylic acids is 1. The average molecular weight is 492 g/mol. The van der Waals surface area contributed by atoms with Gasteiger partial charge in [-0.1, -0.05) is 0 Å². The van der Waals surface area contributed by atoms with E-state index in [4.69, 9.17) is 5.11 Å². The van der Waals surface area contributed by atoms with E-state index < -0.39 is 46.2 Å². The number of benzene rings is 2. The zero-order valence-corrected chi connectivity index (χ0v) is 18.1. The zero-order valence-electron chi connectivity index (χ0n) is 18.1. The van der Waals surface area contributed by atoms with Gasteiger partial charge in [0.2, 0.25) is 5.91 Å². The lowest BCUT2D eigenvalue weighted by atomic mass is 10.1. The van der Waals surface area contributed by atoms with Crippen molar-refractivity contribution < 1.29 is 37.6 Å². The van der Waals surface area contributed by atoms with Crippen molar-refractivity contribution in [3.63, 3.8) is 0 Å². The first-order valence-corrected chi connectivity index (χ1v) is 10.5. The van der Waals surface area contributed by atoms with E-state index in [1.165, 1.54) is 24.3 Å². The molecule has 2 heterocycles. The van der Waals surface area contributed by atoms with Gasteiger partial charge in [-0.15, -0.1) is 0 Å². The van der Waals surface area contributed by atoms with Gasteiger partial charge in [0.1, 0.15) is 5.69 Å². The molecule has 0 radical (unpaired) electrons. The molecule has 0 bridgehead atoms. The lowest BCUT2D eigenvalue weighted by Gasteiger charge is -2.37. The van der Waals surface area contributed by atoms with Gasteiger partial charge in [-0.3, -0.25) is 24.6 Å². The minimum Gasteiger partial charge on any atom is -0.478 e. The SMILES string of the molecule is O=C(O)c1ccc(N2C(=O)CC(N3CCN(c4ccc(C(F)(F)F)cc4[N+](=O)[O-])CC3)C2=O)cc1. The Labute approximate surface area is 196 Å². The molecule has 35 heavy (non-hydrogen) atoms. The number of nitro benzene ring substituents is 1. The van der Waals surface area contributed by atoms with E-state index in [0.29, 0.717) is 6.07 Å². The maximum atomic E-state index is 13.0. The summed E-state index contributed by atoms with van der Waals surface area (Å²) in [5.41, 5.74) is -1.45. The molecule has 2 aliphatic rings. The molecule has 4 rings (SSSR count). The molecule has 0 aromatic heterocycles. The molecule has 2 aromatic rings. The fourth-order valence-corrected chi connectivity index (χ4v) is 4.31. The highest BCUT2D eigenvalue weighted by Crippen LogP contribution is 2.37. The van der Waals surface area contributed by atoms with Crippen molar-refractivity contribution in [2.24, 2.45) is 0 Å². The Morgan fingerprint density at radius 2 is 1.66 bits per heavy atom. The lowest BCUT2D eigenvalue weighted by molar-refractivity contribution is -0.384. The summed E-state index contributed by atoms with van der Waals surface area (Å²) >= 11 is 0. The predicted molar refractivity (Wildman–Crippen MR) is 116 cm³/mol. The van der Waals surface area contributed by atoms with Gasteiger partial charge in [-0.05, 0) is 36.4 Å². The molecule has 2 aromatic carbocycles. The average Bonchev–Trinajstić information content (AvgIpc) is 3.12. The summed E-state index contributed by atoms with van der Waals surface area (Å²) in [4.78, 5) is 51.5. The maximum absolute atomic E-state index is 13.0. The number of imide groups is 1. The van der Waals surface area contributed by atoms with E-state index in [9.17, 15) is 37.7 Å². The van der Waals surface area contributed by atoms with Gasteiger partial charge in [0.05, 0.1) is 34.2 Å². The van der Waals surface area contributed by atoms with Crippen LogP contribution in [0.15, 0.2) is 42.5 Å². The highest BCUT2D eigenvalue weighted by atomic mass is 19.4. The Kier molecular flexibility index (Phi) is 6.19. The molecule has 0 spiro atoms. The molecular weight excluding hydrogens is 473 g/mol. The molecule has 13 heteroatoms. The first-order valence-electron chi connectivity index (χ1n) is 10.5. The Hall–Kier alpha value is -4.00. The Morgan fingerprint density at radius 3 is 2.20 bits per heavy atom. The first-order chi connectivity index (χ1) is 16.5. The molecule has 2 aliphatic heterocycles. The molecule has 184 valence electrons. The number of nitrogens with zero attached hydrogens (tertiary/aromatic N) is 4. The number of carboxylic acids is 1. The number of halogens is 3. The van der Waals surface area contributed by atoms with Crippen molar-refractivity contribution in [1.29, 1.82) is 0 Å². The van der Waals surface area contributed by atoms with Gasteiger partial charge >= 0.3 is 12.1 Å². The molecule has 2 saturated heterocycles. The number of hydrogen-bond acceptors (Lipinski definition) is 7. The van der Waals surface area contributed by atoms with E-state index in [1.54, 1.807) is 9.80 Å². The van der Waals surface area contributed by atoms with Crippen LogP contribution in [0, 0.1) is 10.1 Å². The van der Waals surface area contributed by atoms with Crippen LogP contribution in [0.25, 0.3) is 0 Å². The van der Waals surface area contributed by atoms with Crippen LogP contribution in [-0.2, 0) is 15.8 Å². The second-order valence-electron chi connectivity index (χ2n) is 8.12. The Morgan fingerprint density at radius 1 is 1.03 bits per heavy atom. The largest absolute Gasteiger partial charge is 0.478 e. The monoisotopic (exact) mass is 492 g/mol. The second-order valence-corrected chi connectivity index (χ2v) is 8.12. The quantitative estimate of drug-likeness (QED) is 0.384. The number of amides is 2. The van der Waals surface area contributed by atoms with Crippen LogP contribution >= 0.6 is 0 Å². The summed E-state index contributed by atoms with van der Waals surface area (Å²) in [5.74, 6) is -2.05. The predicted octanol–water partition coefficient (Wildman–Crippen LogP) is 2.77. The van der Waals surface area contributed by atoms with E-state index in [0.717, 1.165) is 17.0 Å². The van der Waals surface area contributed by atoms with Crippen molar-refractivity contribution in [3.8, 4) is 0 Å². The molecular formula is C22H19F3N4O6. The summed E-state index contributed by atoms with van der Waals surface area (Å²) in [7, 11) is 0. The number of alkyl halides is 3. The number of hydrogen-bond donors (Lipinski definition) is 1. The highest BCUT2D eigenvalue weighted by molar-refractivity contribution is 6.22. The standard InChI is InChI=1S/C22H19F3N4O6/c23-22(24,25)14-3-6-16(17(11-14)29(34)35)26-7-9-27(10-8-26)18-12-19(30)28(20(18)31)15-4-1-13(2-5-15)21(32)33/h1-6,11,18H,7-10,12H2,(H,32,33). The number of piperazine rings is 1. The van der Waals surface area contributed by atoms with Gasteiger partial charge in [0.25, 0.3) is 11.6 Å². The summed E-state index contributed by atoms with van der Waals surface area (Å²) < 4.78 is 38.9. The van der Waals surface area contributed by atoms with Gasteiger partial charge in [0.15, 0.2) is 0 Å². The molecule has 10 nitrogen and oxygen atoms in total. The van der Waals surface area contributed by atoms with Gasteiger partial charge < -0.3 is 10.0 Å². The van der Waals surface area contributed by atoms with Crippen LogP contribution in [0.4, 0.5) is 30.2 Å². The van der Waals surface area contributed by atoms with Crippen LogP contribution in [0.5, 0.6) is 0 Å². The lowest BCUT2D eigenvalue weighted by Crippen LogP contribution is -2.52. The van der Waals surface area contributed by atoms with Crippen molar-refractivity contribution in [1.82, 2.24) is 4.90 Å². The molecule has 1 unspecified atom stereocenters. The number of carbonyl (C=O) groups excluding carboxylic acids is 2. The third-order valence-electron chi connectivity index (χ3n) is 6.09. The van der Waals surface area contributed by atoms with Crippen LogP contribution in [-0.4, -0.2) is 64.9 Å². The molecule has 0 aliphatic carbocycles. The van der Waals surface area contributed by atoms with Crippen molar-refractivity contribution in [2.75, 3.05) is 36.0 Å². The summed E-state index contributed by atoms with van der Waals surface area (Å²) in [6.45, 7) is 0.927. The second kappa shape index (κ2) is 8.98. The molecule has 0 saturated carbocycles. The summed E-state index contributed by atoms with van der Waals surface area (Å²) in [6.07, 6.45) is -4.79. The highest BCUT2D eigenvalue weighted by Gasteiger charge is 2.43. The first kappa shape index (κ1) is 24.1. The third-order valence-corrected chi connectivity index (χ3v) is 6.09. The number of anilines is 2. The number of carbonyl (C=O) groups is 3. The van der Waals surface area contributed by atoms with Gasteiger partial charge in [-0.25, -0.2) is 9.69 Å². The number of nitro groups is 1. The van der Waals surface area contributed by atoms with Crippen LogP contribution in [0.1, 0.15) is 22.3 Å². The van der Waals surface area contributed by atoms with E-state index in [2.05, 4.69) is 0 Å². The molecule has 1 atom stereocenters. The summed E-state index contributed by atoms with van der Waals surface area (Å²) in [6, 6.07) is 6.96. The van der Waals surface area contributed by atoms with Gasteiger partial charge in [-0.2, -0.15) is 13.2 Å². The van der Waals surface area contributed by atoms with Crippen LogP contribution in [0.2, 0.25) is 0 Å². The maximum Gasteiger partial charge on any atom is 0.416 e. The zero-order chi connectivity index (χ0) is 25.5. The fourth-order valence-electron chi connectivity index (χ4n) is 4.31. The Bertz CT molecular complexity index is 1190. The molecule has 1 N–H and O–H groups in total. The molecule has 2 fully saturated rings. The topological polar surface area (TPSA) is 124 Å². The number of rotatable bonds is 5.